The molecule has 1 aliphatic heterocycles. The summed E-state index contributed by atoms with van der Waals surface area (Å²) in [5.74, 6) is 0.343. The Morgan fingerprint density at radius 2 is 2.16 bits per heavy atom. The Morgan fingerprint density at radius 3 is 2.84 bits per heavy atom. The van der Waals surface area contributed by atoms with Crippen LogP contribution in [0.15, 0.2) is 18.2 Å². The van der Waals surface area contributed by atoms with Crippen molar-refractivity contribution in [2.24, 2.45) is 17.6 Å². The second kappa shape index (κ2) is 4.45. The van der Waals surface area contributed by atoms with Crippen LogP contribution in [0.3, 0.4) is 0 Å². The standard InChI is InChI=1S/C13H16FN3O2/c14-9-2-4-12(13(5-9)17(18)19)16-6-8-1-3-11(15)10(8)7-16/h2,4-5,8,10-11H,1,3,6-7,15H2. The van der Waals surface area contributed by atoms with Gasteiger partial charge in [0.1, 0.15) is 11.5 Å². The molecule has 1 aliphatic carbocycles. The minimum atomic E-state index is -0.577. The van der Waals surface area contributed by atoms with Gasteiger partial charge in [0.05, 0.1) is 11.0 Å². The number of nitrogens with two attached hydrogens (primary N) is 1. The predicted molar refractivity (Wildman–Crippen MR) is 69.5 cm³/mol. The van der Waals surface area contributed by atoms with E-state index < -0.39 is 10.7 Å². The van der Waals surface area contributed by atoms with Crippen molar-refractivity contribution in [1.29, 1.82) is 0 Å². The summed E-state index contributed by atoms with van der Waals surface area (Å²) in [4.78, 5) is 12.5. The predicted octanol–water partition coefficient (Wildman–Crippen LogP) is 1.91. The number of benzene rings is 1. The van der Waals surface area contributed by atoms with Gasteiger partial charge in [0, 0.05) is 19.1 Å². The molecular formula is C13H16FN3O2. The van der Waals surface area contributed by atoms with E-state index in [1.54, 1.807) is 0 Å². The van der Waals surface area contributed by atoms with Crippen LogP contribution < -0.4 is 10.6 Å². The molecule has 0 amide bonds. The van der Waals surface area contributed by atoms with Gasteiger partial charge in [-0.15, -0.1) is 0 Å². The zero-order chi connectivity index (χ0) is 13.6. The maximum atomic E-state index is 13.1. The molecule has 1 saturated carbocycles. The molecule has 0 spiro atoms. The number of halogens is 1. The fraction of sp³-hybridized carbons (Fsp3) is 0.538. The third kappa shape index (κ3) is 2.06. The van der Waals surface area contributed by atoms with Gasteiger partial charge in [0.25, 0.3) is 5.69 Å². The van der Waals surface area contributed by atoms with E-state index in [0.717, 1.165) is 32.0 Å². The summed E-state index contributed by atoms with van der Waals surface area (Å²) in [5.41, 5.74) is 6.41. The largest absolute Gasteiger partial charge is 0.365 e. The number of hydrogen-bond donors (Lipinski definition) is 1. The number of anilines is 1. The Balaban J connectivity index is 1.90. The van der Waals surface area contributed by atoms with Crippen LogP contribution in [0, 0.1) is 27.8 Å². The van der Waals surface area contributed by atoms with Crippen LogP contribution in [0.4, 0.5) is 15.8 Å². The summed E-state index contributed by atoms with van der Waals surface area (Å²) in [6.45, 7) is 1.52. The first-order chi connectivity index (χ1) is 9.06. The van der Waals surface area contributed by atoms with Crippen molar-refractivity contribution >= 4 is 11.4 Å². The van der Waals surface area contributed by atoms with Crippen LogP contribution in [0.1, 0.15) is 12.8 Å². The molecule has 1 aromatic rings. The number of nitro groups is 1. The van der Waals surface area contributed by atoms with Gasteiger partial charge in [-0.1, -0.05) is 0 Å². The Morgan fingerprint density at radius 1 is 1.37 bits per heavy atom. The first-order valence-electron chi connectivity index (χ1n) is 6.50. The fourth-order valence-electron chi connectivity index (χ4n) is 3.41. The van der Waals surface area contributed by atoms with E-state index in [2.05, 4.69) is 0 Å². The third-order valence-corrected chi connectivity index (χ3v) is 4.39. The van der Waals surface area contributed by atoms with Crippen LogP contribution in [-0.2, 0) is 0 Å². The Hall–Kier alpha value is -1.69. The zero-order valence-electron chi connectivity index (χ0n) is 10.5. The second-order valence-electron chi connectivity index (χ2n) is 5.46. The van der Waals surface area contributed by atoms with Crippen LogP contribution in [0.2, 0.25) is 0 Å². The highest BCUT2D eigenvalue weighted by Crippen LogP contribution is 2.41. The smallest absolute Gasteiger partial charge is 0.295 e. The maximum absolute atomic E-state index is 13.1. The van der Waals surface area contributed by atoms with E-state index in [1.807, 2.05) is 4.90 Å². The van der Waals surface area contributed by atoms with Crippen molar-refractivity contribution in [3.8, 4) is 0 Å². The average molecular weight is 265 g/mol. The summed E-state index contributed by atoms with van der Waals surface area (Å²) in [6, 6.07) is 3.95. The lowest BCUT2D eigenvalue weighted by Crippen LogP contribution is -2.30. The summed E-state index contributed by atoms with van der Waals surface area (Å²) in [7, 11) is 0. The summed E-state index contributed by atoms with van der Waals surface area (Å²) >= 11 is 0. The van der Waals surface area contributed by atoms with E-state index in [-0.39, 0.29) is 11.7 Å². The molecule has 3 atom stereocenters. The molecule has 3 rings (SSSR count). The van der Waals surface area contributed by atoms with Crippen molar-refractivity contribution in [3.05, 3.63) is 34.1 Å². The van der Waals surface area contributed by atoms with E-state index in [0.29, 0.717) is 17.5 Å². The Kier molecular flexibility index (Phi) is 2.89. The SMILES string of the molecule is NC1CCC2CN(c3ccc(F)cc3[N+](=O)[O-])CC12. The monoisotopic (exact) mass is 265 g/mol. The number of nitro benzene ring substituents is 1. The van der Waals surface area contributed by atoms with Crippen LogP contribution in [0.5, 0.6) is 0 Å². The molecular weight excluding hydrogens is 249 g/mol. The van der Waals surface area contributed by atoms with Crippen molar-refractivity contribution in [2.75, 3.05) is 18.0 Å². The first-order valence-corrected chi connectivity index (χ1v) is 6.50. The molecule has 1 aromatic carbocycles. The molecule has 6 heteroatoms. The lowest BCUT2D eigenvalue weighted by molar-refractivity contribution is -0.384. The molecule has 2 aliphatic rings. The zero-order valence-corrected chi connectivity index (χ0v) is 10.5. The van der Waals surface area contributed by atoms with Gasteiger partial charge in [-0.3, -0.25) is 10.1 Å². The molecule has 0 aromatic heterocycles. The Labute approximate surface area is 110 Å². The maximum Gasteiger partial charge on any atom is 0.295 e. The summed E-state index contributed by atoms with van der Waals surface area (Å²) in [6.07, 6.45) is 2.12. The lowest BCUT2D eigenvalue weighted by atomic mass is 9.98. The molecule has 19 heavy (non-hydrogen) atoms. The topological polar surface area (TPSA) is 72.4 Å². The van der Waals surface area contributed by atoms with Crippen molar-refractivity contribution in [3.63, 3.8) is 0 Å². The summed E-state index contributed by atoms with van der Waals surface area (Å²) < 4.78 is 13.1. The van der Waals surface area contributed by atoms with Gasteiger partial charge in [-0.25, -0.2) is 4.39 Å². The lowest BCUT2D eigenvalue weighted by Gasteiger charge is -2.20. The Bertz CT molecular complexity index is 523. The second-order valence-corrected chi connectivity index (χ2v) is 5.46. The fourth-order valence-corrected chi connectivity index (χ4v) is 3.41. The number of nitrogens with zero attached hydrogens (tertiary/aromatic N) is 2. The van der Waals surface area contributed by atoms with Gasteiger partial charge >= 0.3 is 0 Å². The molecule has 0 radical (unpaired) electrons. The summed E-state index contributed by atoms with van der Waals surface area (Å²) in [5, 5.41) is 11.0. The third-order valence-electron chi connectivity index (χ3n) is 4.39. The van der Waals surface area contributed by atoms with E-state index in [1.165, 1.54) is 12.1 Å². The highest BCUT2D eigenvalue weighted by atomic mass is 19.1. The first kappa shape index (κ1) is 12.3. The van der Waals surface area contributed by atoms with Crippen LogP contribution in [0.25, 0.3) is 0 Å². The van der Waals surface area contributed by atoms with E-state index >= 15 is 0 Å². The molecule has 3 unspecified atom stereocenters. The normalized spacial score (nSPS) is 29.6. The molecule has 102 valence electrons. The van der Waals surface area contributed by atoms with Gasteiger partial charge in [-0.05, 0) is 36.8 Å². The van der Waals surface area contributed by atoms with Gasteiger partial charge < -0.3 is 10.6 Å². The van der Waals surface area contributed by atoms with Crippen LogP contribution >= 0.6 is 0 Å². The number of rotatable bonds is 2. The van der Waals surface area contributed by atoms with Gasteiger partial charge in [-0.2, -0.15) is 0 Å². The minimum absolute atomic E-state index is 0.159. The highest BCUT2D eigenvalue weighted by Gasteiger charge is 2.42. The van der Waals surface area contributed by atoms with Crippen molar-refractivity contribution in [2.45, 2.75) is 18.9 Å². The number of fused-ring (bicyclic) bond motifs is 1. The minimum Gasteiger partial charge on any atom is -0.365 e. The molecule has 2 N–H and O–H groups in total. The molecule has 1 saturated heterocycles. The van der Waals surface area contributed by atoms with E-state index in [4.69, 9.17) is 5.73 Å². The van der Waals surface area contributed by atoms with Gasteiger partial charge in [0.15, 0.2) is 0 Å². The van der Waals surface area contributed by atoms with E-state index in [9.17, 15) is 14.5 Å². The van der Waals surface area contributed by atoms with Gasteiger partial charge in [0.2, 0.25) is 0 Å². The quantitative estimate of drug-likeness (QED) is 0.655. The molecule has 2 fully saturated rings. The number of hydrogen-bond acceptors (Lipinski definition) is 4. The molecule has 0 bridgehead atoms. The molecule has 1 heterocycles. The van der Waals surface area contributed by atoms with Crippen LogP contribution in [-0.4, -0.2) is 24.1 Å². The van der Waals surface area contributed by atoms with Crippen molar-refractivity contribution < 1.29 is 9.31 Å². The highest BCUT2D eigenvalue weighted by molar-refractivity contribution is 5.64. The molecule has 5 nitrogen and oxygen atoms in total. The van der Waals surface area contributed by atoms with Crippen molar-refractivity contribution in [1.82, 2.24) is 0 Å². The average Bonchev–Trinajstić information content (AvgIpc) is 2.92.